The van der Waals surface area contributed by atoms with Gasteiger partial charge in [0.05, 0.1) is 36.4 Å². The number of Topliss-reactive ketones (excluding diaryl/α,β-unsaturated/α-hetero) is 1. The van der Waals surface area contributed by atoms with Crippen molar-refractivity contribution in [2.75, 3.05) is 6.61 Å². The maximum atomic E-state index is 14.3. The molecule has 2 bridgehead atoms. The number of carbonyl (C=O) groups is 4. The molecule has 1 amide bonds. The van der Waals surface area contributed by atoms with Crippen LogP contribution in [-0.2, 0) is 33.3 Å². The number of allylic oxidation sites excluding steroid dienone is 1. The lowest BCUT2D eigenvalue weighted by Gasteiger charge is -2.66. The lowest BCUT2D eigenvalue weighted by atomic mass is 9.45. The SMILES string of the molecule is CC(=O)O[C@H]1[C@@H]2[C@]3(O)CO[C@@H]3C[C@H](O)[C@@]2(C)C(=O)[C@H](O)C2=C(C)C(OC(=O)[C@H](O)[C@H](C=C(C)C)NC(=O)OC(C)C)C[C@]1(O)C2(C)C. The number of aliphatic hydroxyl groups excluding tert-OH is 3. The first-order valence-electron chi connectivity index (χ1n) is 15.9. The van der Waals surface area contributed by atoms with E-state index in [2.05, 4.69) is 5.32 Å². The molecule has 2 saturated carbocycles. The van der Waals surface area contributed by atoms with Crippen molar-refractivity contribution >= 4 is 23.8 Å². The summed E-state index contributed by atoms with van der Waals surface area (Å²) >= 11 is 0. The topological polar surface area (TPSA) is 218 Å². The number of aliphatic hydroxyl groups is 5. The number of nitrogens with one attached hydrogen (secondary N) is 1. The molecule has 11 atom stereocenters. The van der Waals surface area contributed by atoms with Gasteiger partial charge in [-0.25, -0.2) is 9.59 Å². The minimum absolute atomic E-state index is 0.0222. The van der Waals surface area contributed by atoms with E-state index in [0.717, 1.165) is 6.92 Å². The van der Waals surface area contributed by atoms with E-state index in [1.54, 1.807) is 41.5 Å². The second-order valence-electron chi connectivity index (χ2n) is 14.7. The number of ether oxygens (including phenoxy) is 4. The molecule has 4 aliphatic rings. The zero-order valence-corrected chi connectivity index (χ0v) is 28.4. The molecular formula is C33H49NO13. The van der Waals surface area contributed by atoms with Gasteiger partial charge in [0, 0.05) is 31.1 Å². The molecule has 6 N–H and O–H groups in total. The highest BCUT2D eigenvalue weighted by molar-refractivity contribution is 5.93. The maximum absolute atomic E-state index is 14.3. The quantitative estimate of drug-likeness (QED) is 0.125. The molecule has 0 radical (unpaired) electrons. The number of ketones is 1. The van der Waals surface area contributed by atoms with E-state index >= 15 is 0 Å². The Morgan fingerprint density at radius 3 is 2.19 bits per heavy atom. The van der Waals surface area contributed by atoms with Gasteiger partial charge in [-0.15, -0.1) is 0 Å². The fourth-order valence-electron chi connectivity index (χ4n) is 8.11. The highest BCUT2D eigenvalue weighted by Crippen LogP contribution is 2.63. The van der Waals surface area contributed by atoms with E-state index in [9.17, 15) is 44.7 Å². The average Bonchev–Trinajstić information content (AvgIpc) is 2.94. The zero-order chi connectivity index (χ0) is 35.6. The predicted octanol–water partition coefficient (Wildman–Crippen LogP) is 0.598. The van der Waals surface area contributed by atoms with Gasteiger partial charge >= 0.3 is 18.0 Å². The molecule has 4 rings (SSSR count). The second kappa shape index (κ2) is 12.5. The number of carbonyl (C=O) groups excluding carboxylic acids is 4. The summed E-state index contributed by atoms with van der Waals surface area (Å²) in [7, 11) is 0. The van der Waals surface area contributed by atoms with E-state index in [1.807, 2.05) is 0 Å². The molecule has 1 unspecified atom stereocenters. The first-order valence-corrected chi connectivity index (χ1v) is 15.9. The average molecular weight is 668 g/mol. The second-order valence-corrected chi connectivity index (χ2v) is 14.7. The Balaban J connectivity index is 1.83. The predicted molar refractivity (Wildman–Crippen MR) is 163 cm³/mol. The fraction of sp³-hybridized carbons (Fsp3) is 0.758. The molecule has 47 heavy (non-hydrogen) atoms. The third kappa shape index (κ3) is 5.90. The normalized spacial score (nSPS) is 38.7. The third-order valence-corrected chi connectivity index (χ3v) is 10.6. The first kappa shape index (κ1) is 36.9. The van der Waals surface area contributed by atoms with Gasteiger partial charge in [-0.3, -0.25) is 9.59 Å². The van der Waals surface area contributed by atoms with Crippen molar-refractivity contribution in [3.63, 3.8) is 0 Å². The van der Waals surface area contributed by atoms with Gasteiger partial charge in [-0.1, -0.05) is 25.5 Å². The van der Waals surface area contributed by atoms with Crippen molar-refractivity contribution in [1.82, 2.24) is 5.32 Å². The molecule has 1 aliphatic heterocycles. The highest BCUT2D eigenvalue weighted by Gasteiger charge is 2.76. The van der Waals surface area contributed by atoms with Crippen molar-refractivity contribution in [2.24, 2.45) is 16.7 Å². The summed E-state index contributed by atoms with van der Waals surface area (Å²) in [6.45, 7) is 13.4. The number of hydrogen-bond acceptors (Lipinski definition) is 13. The molecule has 0 aromatic carbocycles. The van der Waals surface area contributed by atoms with Crippen molar-refractivity contribution in [1.29, 1.82) is 0 Å². The Hall–Kier alpha value is -2.88. The molecular weight excluding hydrogens is 618 g/mol. The molecule has 0 aromatic heterocycles. The van der Waals surface area contributed by atoms with E-state index in [4.69, 9.17) is 18.9 Å². The summed E-state index contributed by atoms with van der Waals surface area (Å²) in [4.78, 5) is 52.8. The molecule has 264 valence electrons. The molecule has 1 saturated heterocycles. The van der Waals surface area contributed by atoms with E-state index < -0.39 is 107 Å². The summed E-state index contributed by atoms with van der Waals surface area (Å²) in [6, 6.07) is -1.27. The number of fused-ring (bicyclic) bond motifs is 5. The van der Waals surface area contributed by atoms with Crippen LogP contribution in [0.25, 0.3) is 0 Å². The Bertz CT molecular complexity index is 1370. The van der Waals surface area contributed by atoms with Gasteiger partial charge in [0.1, 0.15) is 29.5 Å². The molecule has 3 aliphatic carbocycles. The Kier molecular flexibility index (Phi) is 9.85. The van der Waals surface area contributed by atoms with Crippen LogP contribution in [0.1, 0.15) is 75.2 Å². The Morgan fingerprint density at radius 2 is 1.68 bits per heavy atom. The minimum Gasteiger partial charge on any atom is -0.459 e. The van der Waals surface area contributed by atoms with Crippen LogP contribution < -0.4 is 5.32 Å². The van der Waals surface area contributed by atoms with Crippen molar-refractivity contribution in [3.8, 4) is 0 Å². The van der Waals surface area contributed by atoms with Crippen molar-refractivity contribution < 1.29 is 63.7 Å². The molecule has 14 heteroatoms. The van der Waals surface area contributed by atoms with Crippen LogP contribution in [0.4, 0.5) is 4.79 Å². The first-order chi connectivity index (χ1) is 21.5. The number of alkyl carbamates (subject to hydrolysis) is 1. The van der Waals surface area contributed by atoms with Gasteiger partial charge in [0.2, 0.25) is 0 Å². The van der Waals surface area contributed by atoms with Gasteiger partial charge in [0.15, 0.2) is 11.9 Å². The van der Waals surface area contributed by atoms with E-state index in [0.29, 0.717) is 5.57 Å². The Labute approximate surface area is 274 Å². The molecule has 3 fully saturated rings. The van der Waals surface area contributed by atoms with E-state index in [1.165, 1.54) is 19.9 Å². The summed E-state index contributed by atoms with van der Waals surface area (Å²) < 4.78 is 22.2. The highest BCUT2D eigenvalue weighted by atomic mass is 16.6. The summed E-state index contributed by atoms with van der Waals surface area (Å²) in [6.07, 6.45) is -9.84. The van der Waals surface area contributed by atoms with E-state index in [-0.39, 0.29) is 24.2 Å². The van der Waals surface area contributed by atoms with Crippen molar-refractivity contribution in [3.05, 3.63) is 22.8 Å². The molecule has 14 nitrogen and oxygen atoms in total. The van der Waals surface area contributed by atoms with Gasteiger partial charge in [-0.2, -0.15) is 0 Å². The van der Waals surface area contributed by atoms with Gasteiger partial charge in [0.25, 0.3) is 0 Å². The largest absolute Gasteiger partial charge is 0.459 e. The molecule has 1 heterocycles. The standard InChI is InChI=1S/C33H49NO13/c1-14(2)10-18(34-29(41)45-15(3)4)23(37)28(40)47-19-12-33(43)27(46-17(6)35)25-31(9,20(36)11-21-32(25,42)13-44-21)26(39)24(38)22(16(19)5)30(33,7)8/h10,15,18-21,23-25,27,36-38,42-43H,11-13H2,1-9H3,(H,34,41)/t18-,19?,20-,21+,23+,24+,25-,27-,31+,32-,33+/m0/s1. The zero-order valence-electron chi connectivity index (χ0n) is 28.4. The summed E-state index contributed by atoms with van der Waals surface area (Å²) in [5, 5.41) is 61.4. The van der Waals surface area contributed by atoms with Crippen LogP contribution in [0.15, 0.2) is 22.8 Å². The van der Waals surface area contributed by atoms with Crippen LogP contribution in [0.5, 0.6) is 0 Å². The number of amides is 1. The lowest BCUT2D eigenvalue weighted by Crippen LogP contribution is -2.81. The number of esters is 2. The fourth-order valence-corrected chi connectivity index (χ4v) is 8.11. The Morgan fingerprint density at radius 1 is 1.06 bits per heavy atom. The number of rotatable bonds is 7. The van der Waals surface area contributed by atoms with Crippen molar-refractivity contribution in [2.45, 2.75) is 135 Å². The van der Waals surface area contributed by atoms with Crippen LogP contribution in [-0.4, -0.2) is 116 Å². The summed E-state index contributed by atoms with van der Waals surface area (Å²) in [5.41, 5.74) is -6.66. The van der Waals surface area contributed by atoms with Crippen LogP contribution in [0.2, 0.25) is 0 Å². The summed E-state index contributed by atoms with van der Waals surface area (Å²) in [5.74, 6) is -4.38. The molecule has 0 spiro atoms. The maximum Gasteiger partial charge on any atom is 0.407 e. The third-order valence-electron chi connectivity index (χ3n) is 10.6. The van der Waals surface area contributed by atoms with Gasteiger partial charge in [-0.05, 0) is 52.7 Å². The molecule has 0 aromatic rings. The monoisotopic (exact) mass is 667 g/mol. The van der Waals surface area contributed by atoms with Crippen LogP contribution in [0, 0.1) is 16.7 Å². The van der Waals surface area contributed by atoms with Gasteiger partial charge < -0.3 is 49.8 Å². The smallest absolute Gasteiger partial charge is 0.407 e. The van der Waals surface area contributed by atoms with Crippen LogP contribution >= 0.6 is 0 Å². The minimum atomic E-state index is -2.22. The lowest BCUT2D eigenvalue weighted by molar-refractivity contribution is -0.345. The number of hydrogen-bond donors (Lipinski definition) is 6. The van der Waals surface area contributed by atoms with Crippen LogP contribution in [0.3, 0.4) is 0 Å².